The average molecular weight is 536 g/mol. The molecule has 39 heavy (non-hydrogen) atoms. The molecule has 0 saturated carbocycles. The Morgan fingerprint density at radius 2 is 1.85 bits per heavy atom. The molecule has 0 fully saturated rings. The van der Waals surface area contributed by atoms with Crippen molar-refractivity contribution in [2.45, 2.75) is 32.2 Å². The van der Waals surface area contributed by atoms with Crippen molar-refractivity contribution in [3.05, 3.63) is 69.8 Å². The Labute approximate surface area is 226 Å². The predicted molar refractivity (Wildman–Crippen MR) is 147 cm³/mol. The van der Waals surface area contributed by atoms with Crippen LogP contribution < -0.4 is 35.6 Å². The summed E-state index contributed by atoms with van der Waals surface area (Å²) in [7, 11) is 4.64. The number of ether oxygens (including phenoxy) is 3. The first-order chi connectivity index (χ1) is 18.9. The van der Waals surface area contributed by atoms with Crippen LogP contribution in [0, 0.1) is 0 Å². The lowest BCUT2D eigenvalue weighted by Crippen LogP contribution is -2.32. The highest BCUT2D eigenvalue weighted by Crippen LogP contribution is 2.50. The third-order valence-corrected chi connectivity index (χ3v) is 6.63. The van der Waals surface area contributed by atoms with E-state index >= 15 is 0 Å². The van der Waals surface area contributed by atoms with Crippen LogP contribution in [0.3, 0.4) is 0 Å². The SMILES string of the molecule is COc1cc2c(c(OC)c1OC)-c1ccc(NCC(=O)NCCc3ccco3)c(=O)cc1[C@@H](NC(C)=O)CC2. The Hall–Kier alpha value is -4.47. The summed E-state index contributed by atoms with van der Waals surface area (Å²) in [6.07, 6.45) is 3.32. The van der Waals surface area contributed by atoms with Crippen LogP contribution in [0.2, 0.25) is 0 Å². The molecule has 0 aliphatic heterocycles. The third kappa shape index (κ3) is 6.17. The first-order valence-electron chi connectivity index (χ1n) is 12.7. The van der Waals surface area contributed by atoms with Crippen LogP contribution in [0.5, 0.6) is 17.2 Å². The summed E-state index contributed by atoms with van der Waals surface area (Å²) in [5.41, 5.74) is 3.00. The van der Waals surface area contributed by atoms with Gasteiger partial charge < -0.3 is 34.6 Å². The van der Waals surface area contributed by atoms with Crippen molar-refractivity contribution in [3.8, 4) is 28.4 Å². The minimum atomic E-state index is -0.413. The molecule has 0 radical (unpaired) electrons. The number of nitrogens with one attached hydrogen (secondary N) is 3. The van der Waals surface area contributed by atoms with Gasteiger partial charge in [0.05, 0.1) is 45.9 Å². The molecule has 0 spiro atoms. The smallest absolute Gasteiger partial charge is 0.239 e. The standard InChI is InChI=1S/C29H33N3O7/c1-17(33)32-22-9-7-18-14-25(36-2)28(37-3)29(38-4)27(18)20-8-10-23(24(34)15-21(20)22)31-16-26(35)30-12-11-19-6-5-13-39-19/h5-6,8,10,13-15,22H,7,9,11-12,16H2,1-4H3,(H,30,35)(H,31,34)(H,32,33)/t22-/m0/s1. The van der Waals surface area contributed by atoms with Crippen molar-refractivity contribution < 1.29 is 28.2 Å². The van der Waals surface area contributed by atoms with Gasteiger partial charge >= 0.3 is 0 Å². The molecule has 1 atom stereocenters. The fourth-order valence-corrected chi connectivity index (χ4v) is 4.87. The molecule has 3 aromatic rings. The first-order valence-corrected chi connectivity index (χ1v) is 12.7. The Kier molecular flexibility index (Phi) is 8.75. The number of carbonyl (C=O) groups is 2. The Morgan fingerprint density at radius 3 is 2.51 bits per heavy atom. The lowest BCUT2D eigenvalue weighted by atomic mass is 9.95. The average Bonchev–Trinajstić information content (AvgIpc) is 3.33. The highest BCUT2D eigenvalue weighted by atomic mass is 16.5. The van der Waals surface area contributed by atoms with Gasteiger partial charge in [0, 0.05) is 25.5 Å². The van der Waals surface area contributed by atoms with Crippen molar-refractivity contribution in [3.63, 3.8) is 0 Å². The number of amides is 2. The van der Waals surface area contributed by atoms with Crippen LogP contribution in [-0.2, 0) is 22.4 Å². The second kappa shape index (κ2) is 12.4. The fraction of sp³-hybridized carbons (Fsp3) is 0.345. The van der Waals surface area contributed by atoms with E-state index in [0.717, 1.165) is 16.9 Å². The zero-order valence-corrected chi connectivity index (χ0v) is 22.5. The number of hydrogen-bond donors (Lipinski definition) is 3. The monoisotopic (exact) mass is 535 g/mol. The second-order valence-electron chi connectivity index (χ2n) is 9.13. The molecule has 10 heteroatoms. The van der Waals surface area contributed by atoms with Crippen molar-refractivity contribution in [1.82, 2.24) is 10.6 Å². The van der Waals surface area contributed by atoms with E-state index in [9.17, 15) is 14.4 Å². The number of hydrogen-bond acceptors (Lipinski definition) is 8. The fourth-order valence-electron chi connectivity index (χ4n) is 4.87. The van der Waals surface area contributed by atoms with E-state index in [1.807, 2.05) is 12.1 Å². The normalized spacial score (nSPS) is 13.8. The molecule has 2 amide bonds. The van der Waals surface area contributed by atoms with E-state index in [0.29, 0.717) is 54.2 Å². The molecule has 1 aliphatic rings. The topological polar surface area (TPSA) is 128 Å². The van der Waals surface area contributed by atoms with Crippen LogP contribution >= 0.6 is 0 Å². The summed E-state index contributed by atoms with van der Waals surface area (Å²) in [6, 6.07) is 10.1. The van der Waals surface area contributed by atoms with Gasteiger partial charge in [0.25, 0.3) is 0 Å². The number of carbonyl (C=O) groups excluding carboxylic acids is 2. The van der Waals surface area contributed by atoms with Crippen molar-refractivity contribution in [2.24, 2.45) is 0 Å². The number of rotatable bonds is 10. The maximum absolute atomic E-state index is 13.3. The molecular formula is C29H33N3O7. The van der Waals surface area contributed by atoms with Crippen LogP contribution in [-0.4, -0.2) is 46.2 Å². The predicted octanol–water partition coefficient (Wildman–Crippen LogP) is 3.23. The van der Waals surface area contributed by atoms with Crippen molar-refractivity contribution in [1.29, 1.82) is 0 Å². The molecule has 1 heterocycles. The van der Waals surface area contributed by atoms with E-state index in [1.54, 1.807) is 38.7 Å². The summed E-state index contributed by atoms with van der Waals surface area (Å²) in [5.74, 6) is 1.75. The minimum absolute atomic E-state index is 0.0812. The highest BCUT2D eigenvalue weighted by molar-refractivity contribution is 5.84. The molecule has 1 aliphatic carbocycles. The summed E-state index contributed by atoms with van der Waals surface area (Å²) >= 11 is 0. The van der Waals surface area contributed by atoms with Gasteiger partial charge in [-0.05, 0) is 59.9 Å². The van der Waals surface area contributed by atoms with Gasteiger partial charge in [-0.1, -0.05) is 6.07 Å². The van der Waals surface area contributed by atoms with Crippen LogP contribution in [0.1, 0.15) is 36.3 Å². The van der Waals surface area contributed by atoms with Gasteiger partial charge in [0.1, 0.15) is 5.76 Å². The van der Waals surface area contributed by atoms with Gasteiger partial charge in [-0.3, -0.25) is 14.4 Å². The number of aryl methyl sites for hydroxylation is 1. The summed E-state index contributed by atoms with van der Waals surface area (Å²) in [6.45, 7) is 1.78. The lowest BCUT2D eigenvalue weighted by molar-refractivity contribution is -0.120. The zero-order valence-electron chi connectivity index (χ0n) is 22.5. The van der Waals surface area contributed by atoms with Crippen LogP contribution in [0.25, 0.3) is 11.1 Å². The van der Waals surface area contributed by atoms with Gasteiger partial charge in [0.15, 0.2) is 11.5 Å². The maximum Gasteiger partial charge on any atom is 0.239 e. The molecule has 0 saturated heterocycles. The summed E-state index contributed by atoms with van der Waals surface area (Å²) < 4.78 is 22.2. The second-order valence-corrected chi connectivity index (χ2v) is 9.13. The minimum Gasteiger partial charge on any atom is -0.493 e. The molecule has 206 valence electrons. The first kappa shape index (κ1) is 27.6. The van der Waals surface area contributed by atoms with Crippen molar-refractivity contribution >= 4 is 17.5 Å². The third-order valence-electron chi connectivity index (χ3n) is 6.63. The van der Waals surface area contributed by atoms with Crippen LogP contribution in [0.15, 0.2) is 51.9 Å². The van der Waals surface area contributed by atoms with Gasteiger partial charge in [0.2, 0.25) is 23.0 Å². The number of methoxy groups -OCH3 is 3. The van der Waals surface area contributed by atoms with Gasteiger partial charge in [-0.15, -0.1) is 0 Å². The van der Waals surface area contributed by atoms with E-state index in [2.05, 4.69) is 16.0 Å². The van der Waals surface area contributed by atoms with E-state index < -0.39 is 6.04 Å². The number of furan rings is 1. The van der Waals surface area contributed by atoms with Crippen LogP contribution in [0.4, 0.5) is 5.69 Å². The highest BCUT2D eigenvalue weighted by Gasteiger charge is 2.29. The number of benzene rings is 1. The molecular weight excluding hydrogens is 502 g/mol. The summed E-state index contributed by atoms with van der Waals surface area (Å²) in [5, 5.41) is 8.74. The number of fused-ring (bicyclic) bond motifs is 3. The molecule has 4 rings (SSSR count). The van der Waals surface area contributed by atoms with E-state index in [1.165, 1.54) is 20.1 Å². The molecule has 0 unspecified atom stereocenters. The molecule has 3 N–H and O–H groups in total. The summed E-state index contributed by atoms with van der Waals surface area (Å²) in [4.78, 5) is 37.8. The molecule has 10 nitrogen and oxygen atoms in total. The zero-order chi connectivity index (χ0) is 27.9. The molecule has 1 aromatic heterocycles. The van der Waals surface area contributed by atoms with E-state index in [-0.39, 0.29) is 29.5 Å². The Balaban J connectivity index is 1.69. The Morgan fingerprint density at radius 1 is 1.05 bits per heavy atom. The maximum atomic E-state index is 13.3. The lowest BCUT2D eigenvalue weighted by Gasteiger charge is -2.19. The van der Waals surface area contributed by atoms with Crippen molar-refractivity contribution in [2.75, 3.05) is 39.7 Å². The molecule has 0 bridgehead atoms. The van der Waals surface area contributed by atoms with E-state index in [4.69, 9.17) is 18.6 Å². The number of anilines is 1. The largest absolute Gasteiger partial charge is 0.493 e. The van der Waals surface area contributed by atoms with Gasteiger partial charge in [-0.2, -0.15) is 0 Å². The van der Waals surface area contributed by atoms with Gasteiger partial charge in [-0.25, -0.2) is 0 Å². The molecule has 2 aromatic carbocycles. The quantitative estimate of drug-likeness (QED) is 0.361. The Bertz CT molecular complexity index is 1400.